The number of aromatic nitrogens is 1. The lowest BCUT2D eigenvalue weighted by Crippen LogP contribution is -2.24. The van der Waals surface area contributed by atoms with Gasteiger partial charge in [-0.2, -0.15) is 0 Å². The van der Waals surface area contributed by atoms with Crippen LogP contribution >= 0.6 is 0 Å². The molecule has 5 nitrogen and oxygen atoms in total. The lowest BCUT2D eigenvalue weighted by molar-refractivity contribution is 0.0945. The fourth-order valence-corrected chi connectivity index (χ4v) is 2.74. The molecule has 0 aliphatic rings. The van der Waals surface area contributed by atoms with Gasteiger partial charge >= 0.3 is 0 Å². The van der Waals surface area contributed by atoms with Gasteiger partial charge in [-0.1, -0.05) is 37.3 Å². The summed E-state index contributed by atoms with van der Waals surface area (Å²) in [5.74, 6) is 0.516. The fraction of sp³-hybridized carbons (Fsp3) is 0.182. The predicted molar refractivity (Wildman–Crippen MR) is 108 cm³/mol. The molecule has 138 valence electrons. The molecular weight excluding hydrogens is 338 g/mol. The molecule has 0 aliphatic heterocycles. The van der Waals surface area contributed by atoms with Crippen LogP contribution in [-0.2, 0) is 13.0 Å². The van der Waals surface area contributed by atoms with Gasteiger partial charge in [-0.05, 0) is 42.3 Å². The van der Waals surface area contributed by atoms with Crippen molar-refractivity contribution in [3.63, 3.8) is 0 Å². The minimum absolute atomic E-state index is 0.231. The van der Waals surface area contributed by atoms with Gasteiger partial charge in [0.05, 0.1) is 7.11 Å². The van der Waals surface area contributed by atoms with Crippen molar-refractivity contribution in [3.05, 3.63) is 83.7 Å². The van der Waals surface area contributed by atoms with Crippen molar-refractivity contribution in [1.82, 2.24) is 10.3 Å². The van der Waals surface area contributed by atoms with Gasteiger partial charge in [0.25, 0.3) is 5.91 Å². The molecule has 2 aromatic carbocycles. The summed E-state index contributed by atoms with van der Waals surface area (Å²) in [6.07, 6.45) is 2.63. The maximum Gasteiger partial charge on any atom is 0.270 e. The number of hydrogen-bond donors (Lipinski definition) is 2. The van der Waals surface area contributed by atoms with Gasteiger partial charge in [-0.25, -0.2) is 0 Å². The van der Waals surface area contributed by atoms with Crippen LogP contribution in [0.15, 0.2) is 66.9 Å². The molecule has 0 atom stereocenters. The summed E-state index contributed by atoms with van der Waals surface area (Å²) >= 11 is 0. The number of para-hydroxylation sites is 1. The van der Waals surface area contributed by atoms with Gasteiger partial charge in [0.2, 0.25) is 0 Å². The molecular formula is C22H23N3O2. The average Bonchev–Trinajstić information content (AvgIpc) is 2.73. The van der Waals surface area contributed by atoms with E-state index in [0.717, 1.165) is 29.1 Å². The SMILES string of the molecule is CCc1ccc(Nc2ccnc(C(=O)NCc3ccccc3OC)c2)cc1. The molecule has 27 heavy (non-hydrogen) atoms. The van der Waals surface area contributed by atoms with Crippen molar-refractivity contribution < 1.29 is 9.53 Å². The zero-order valence-electron chi connectivity index (χ0n) is 15.5. The Hall–Kier alpha value is -3.34. The number of methoxy groups -OCH3 is 1. The van der Waals surface area contributed by atoms with Gasteiger partial charge in [-0.3, -0.25) is 9.78 Å². The summed E-state index contributed by atoms with van der Waals surface area (Å²) in [6.45, 7) is 2.50. The lowest BCUT2D eigenvalue weighted by atomic mass is 10.1. The van der Waals surface area contributed by atoms with Gasteiger partial charge in [0.1, 0.15) is 11.4 Å². The van der Waals surface area contributed by atoms with Gasteiger partial charge in [0, 0.05) is 29.7 Å². The van der Waals surface area contributed by atoms with Crippen LogP contribution in [0.1, 0.15) is 28.5 Å². The number of aryl methyl sites for hydroxylation is 1. The maximum atomic E-state index is 12.5. The van der Waals surface area contributed by atoms with Crippen LogP contribution < -0.4 is 15.4 Å². The molecule has 5 heteroatoms. The minimum Gasteiger partial charge on any atom is -0.496 e. The Labute approximate surface area is 159 Å². The average molecular weight is 361 g/mol. The number of nitrogens with one attached hydrogen (secondary N) is 2. The Morgan fingerprint density at radius 2 is 1.81 bits per heavy atom. The summed E-state index contributed by atoms with van der Waals surface area (Å²) in [4.78, 5) is 16.6. The standard InChI is InChI=1S/C22H23N3O2/c1-3-16-8-10-18(11-9-16)25-19-12-13-23-20(14-19)22(26)24-15-17-6-4-5-7-21(17)27-2/h4-14H,3,15H2,1-2H3,(H,23,25)(H,24,26). The van der Waals surface area contributed by atoms with Crippen molar-refractivity contribution in [3.8, 4) is 5.75 Å². The van der Waals surface area contributed by atoms with Crippen LogP contribution in [0.25, 0.3) is 0 Å². The molecule has 0 spiro atoms. The Balaban J connectivity index is 1.66. The Bertz CT molecular complexity index is 907. The van der Waals surface area contributed by atoms with E-state index in [1.807, 2.05) is 42.5 Å². The second-order valence-corrected chi connectivity index (χ2v) is 6.10. The first-order valence-electron chi connectivity index (χ1n) is 8.91. The smallest absolute Gasteiger partial charge is 0.270 e. The molecule has 0 fully saturated rings. The molecule has 0 saturated carbocycles. The van der Waals surface area contributed by atoms with Crippen LogP contribution in [0.4, 0.5) is 11.4 Å². The normalized spacial score (nSPS) is 10.3. The summed E-state index contributed by atoms with van der Waals surface area (Å²) < 4.78 is 5.31. The number of anilines is 2. The number of rotatable bonds is 7. The highest BCUT2D eigenvalue weighted by molar-refractivity contribution is 5.93. The topological polar surface area (TPSA) is 63.2 Å². The largest absolute Gasteiger partial charge is 0.496 e. The van der Waals surface area contributed by atoms with E-state index < -0.39 is 0 Å². The minimum atomic E-state index is -0.231. The highest BCUT2D eigenvalue weighted by Gasteiger charge is 2.09. The highest BCUT2D eigenvalue weighted by atomic mass is 16.5. The summed E-state index contributed by atoms with van der Waals surface area (Å²) in [5.41, 5.74) is 4.35. The number of nitrogens with zero attached hydrogens (tertiary/aromatic N) is 1. The molecule has 0 bridgehead atoms. The predicted octanol–water partition coefficient (Wildman–Crippen LogP) is 4.33. The Morgan fingerprint density at radius 1 is 1.04 bits per heavy atom. The second-order valence-electron chi connectivity index (χ2n) is 6.10. The summed E-state index contributed by atoms with van der Waals surface area (Å²) in [5, 5.41) is 6.19. The van der Waals surface area contributed by atoms with Gasteiger partial charge < -0.3 is 15.4 Å². The first-order valence-corrected chi connectivity index (χ1v) is 8.91. The molecule has 1 aromatic heterocycles. The Kier molecular flexibility index (Phi) is 6.05. The molecule has 3 aromatic rings. The third-order valence-corrected chi connectivity index (χ3v) is 4.28. The second kappa shape index (κ2) is 8.85. The Morgan fingerprint density at radius 3 is 2.56 bits per heavy atom. The van der Waals surface area contributed by atoms with Crippen LogP contribution in [0, 0.1) is 0 Å². The number of amides is 1. The van der Waals surface area contributed by atoms with Crippen molar-refractivity contribution in [2.45, 2.75) is 19.9 Å². The third-order valence-electron chi connectivity index (χ3n) is 4.28. The van der Waals surface area contributed by atoms with E-state index in [0.29, 0.717) is 12.2 Å². The van der Waals surface area contributed by atoms with Crippen molar-refractivity contribution in [1.29, 1.82) is 0 Å². The van der Waals surface area contributed by atoms with Crippen LogP contribution in [0.5, 0.6) is 5.75 Å². The van der Waals surface area contributed by atoms with Crippen LogP contribution in [-0.4, -0.2) is 18.0 Å². The fourth-order valence-electron chi connectivity index (χ4n) is 2.74. The molecule has 3 rings (SSSR count). The highest BCUT2D eigenvalue weighted by Crippen LogP contribution is 2.19. The number of ether oxygens (including phenoxy) is 1. The molecule has 0 radical (unpaired) electrons. The summed E-state index contributed by atoms with van der Waals surface area (Å²) in [6, 6.07) is 19.4. The van der Waals surface area contributed by atoms with Crippen molar-refractivity contribution in [2.24, 2.45) is 0 Å². The van der Waals surface area contributed by atoms with Crippen molar-refractivity contribution in [2.75, 3.05) is 12.4 Å². The van der Waals surface area contributed by atoms with E-state index in [-0.39, 0.29) is 5.91 Å². The molecule has 0 aliphatic carbocycles. The van der Waals surface area contributed by atoms with E-state index in [1.165, 1.54) is 5.56 Å². The third kappa shape index (κ3) is 4.85. The maximum absolute atomic E-state index is 12.5. The number of hydrogen-bond acceptors (Lipinski definition) is 4. The first kappa shape index (κ1) is 18.5. The molecule has 1 amide bonds. The number of carbonyl (C=O) groups excluding carboxylic acids is 1. The number of pyridine rings is 1. The van der Waals surface area contributed by atoms with E-state index in [1.54, 1.807) is 19.4 Å². The quantitative estimate of drug-likeness (QED) is 0.658. The van der Waals surface area contributed by atoms with E-state index in [2.05, 4.69) is 34.7 Å². The first-order chi connectivity index (χ1) is 13.2. The molecule has 0 saturated heterocycles. The molecule has 2 N–H and O–H groups in total. The monoisotopic (exact) mass is 361 g/mol. The summed E-state index contributed by atoms with van der Waals surface area (Å²) in [7, 11) is 1.62. The lowest BCUT2D eigenvalue weighted by Gasteiger charge is -2.11. The van der Waals surface area contributed by atoms with E-state index in [4.69, 9.17) is 4.74 Å². The zero-order chi connectivity index (χ0) is 19.1. The molecule has 0 unspecified atom stereocenters. The number of carbonyl (C=O) groups is 1. The molecule has 1 heterocycles. The van der Waals surface area contributed by atoms with Crippen LogP contribution in [0.3, 0.4) is 0 Å². The van der Waals surface area contributed by atoms with Gasteiger partial charge in [-0.15, -0.1) is 0 Å². The van der Waals surface area contributed by atoms with E-state index >= 15 is 0 Å². The van der Waals surface area contributed by atoms with Crippen molar-refractivity contribution >= 4 is 17.3 Å². The van der Waals surface area contributed by atoms with Crippen LogP contribution in [0.2, 0.25) is 0 Å². The van der Waals surface area contributed by atoms with E-state index in [9.17, 15) is 4.79 Å². The number of benzene rings is 2. The zero-order valence-corrected chi connectivity index (χ0v) is 15.5. The van der Waals surface area contributed by atoms with Gasteiger partial charge in [0.15, 0.2) is 0 Å².